The van der Waals surface area contributed by atoms with Crippen molar-refractivity contribution in [1.29, 1.82) is 0 Å². The van der Waals surface area contributed by atoms with Crippen molar-refractivity contribution in [2.45, 2.75) is 32.7 Å². The van der Waals surface area contributed by atoms with E-state index in [0.29, 0.717) is 23.5 Å². The van der Waals surface area contributed by atoms with Crippen LogP contribution in [0.4, 0.5) is 11.4 Å². The predicted molar refractivity (Wildman–Crippen MR) is 78.3 cm³/mol. The number of aliphatic hydroxyl groups is 1. The van der Waals surface area contributed by atoms with Crippen molar-refractivity contribution in [3.8, 4) is 0 Å². The molecule has 19 heavy (non-hydrogen) atoms. The number of carbonyl (C=O) groups is 1. The maximum Gasteiger partial charge on any atom is 0.251 e. The molecule has 1 aromatic rings. The number of nitrogen functional groups attached to an aromatic ring is 1. The van der Waals surface area contributed by atoms with E-state index in [0.717, 1.165) is 6.42 Å². The van der Waals surface area contributed by atoms with Crippen molar-refractivity contribution >= 4 is 17.3 Å². The SMILES string of the molecule is CCNC(=O)c1ccc(N)c(NC(C)(CC)CO)c1. The molecule has 1 unspecified atom stereocenters. The van der Waals surface area contributed by atoms with Gasteiger partial charge in [0.05, 0.1) is 23.5 Å². The molecule has 5 nitrogen and oxygen atoms in total. The van der Waals surface area contributed by atoms with Gasteiger partial charge >= 0.3 is 0 Å². The summed E-state index contributed by atoms with van der Waals surface area (Å²) in [5.74, 6) is -0.132. The minimum absolute atomic E-state index is 0.00563. The van der Waals surface area contributed by atoms with Crippen LogP contribution in [-0.4, -0.2) is 29.7 Å². The van der Waals surface area contributed by atoms with E-state index in [1.165, 1.54) is 0 Å². The number of benzene rings is 1. The average Bonchev–Trinajstić information content (AvgIpc) is 2.41. The summed E-state index contributed by atoms with van der Waals surface area (Å²) in [6.07, 6.45) is 0.744. The summed E-state index contributed by atoms with van der Waals surface area (Å²) in [4.78, 5) is 11.8. The van der Waals surface area contributed by atoms with Crippen LogP contribution in [-0.2, 0) is 0 Å². The van der Waals surface area contributed by atoms with Crippen LogP contribution >= 0.6 is 0 Å². The fourth-order valence-corrected chi connectivity index (χ4v) is 1.63. The van der Waals surface area contributed by atoms with Gasteiger partial charge in [-0.2, -0.15) is 0 Å². The smallest absolute Gasteiger partial charge is 0.251 e. The molecule has 1 amide bonds. The van der Waals surface area contributed by atoms with E-state index in [9.17, 15) is 9.90 Å². The van der Waals surface area contributed by atoms with Crippen molar-refractivity contribution in [2.75, 3.05) is 24.2 Å². The van der Waals surface area contributed by atoms with Crippen LogP contribution in [0, 0.1) is 0 Å². The fourth-order valence-electron chi connectivity index (χ4n) is 1.63. The summed E-state index contributed by atoms with van der Waals surface area (Å²) in [7, 11) is 0. The molecule has 5 heteroatoms. The molecule has 5 N–H and O–H groups in total. The van der Waals surface area contributed by atoms with Gasteiger partial charge in [0.1, 0.15) is 0 Å². The predicted octanol–water partition coefficient (Wildman–Crippen LogP) is 1.59. The van der Waals surface area contributed by atoms with Crippen LogP contribution in [0.5, 0.6) is 0 Å². The van der Waals surface area contributed by atoms with E-state index in [1.54, 1.807) is 18.2 Å². The maximum atomic E-state index is 11.8. The van der Waals surface area contributed by atoms with Gasteiger partial charge in [-0.1, -0.05) is 6.92 Å². The van der Waals surface area contributed by atoms with Gasteiger partial charge in [0.2, 0.25) is 0 Å². The number of anilines is 2. The van der Waals surface area contributed by atoms with Crippen LogP contribution < -0.4 is 16.4 Å². The Labute approximate surface area is 114 Å². The van der Waals surface area contributed by atoms with Crippen molar-refractivity contribution in [1.82, 2.24) is 5.32 Å². The third-order valence-corrected chi connectivity index (χ3v) is 3.22. The van der Waals surface area contributed by atoms with Gasteiger partial charge in [-0.05, 0) is 38.5 Å². The van der Waals surface area contributed by atoms with Gasteiger partial charge in [0.15, 0.2) is 0 Å². The highest BCUT2D eigenvalue weighted by Gasteiger charge is 2.21. The highest BCUT2D eigenvalue weighted by molar-refractivity contribution is 5.96. The second-order valence-corrected chi connectivity index (χ2v) is 4.86. The molecule has 0 aromatic heterocycles. The molecule has 0 heterocycles. The molecule has 0 aliphatic rings. The second-order valence-electron chi connectivity index (χ2n) is 4.86. The number of nitrogens with two attached hydrogens (primary N) is 1. The monoisotopic (exact) mass is 265 g/mol. The van der Waals surface area contributed by atoms with Gasteiger partial charge in [-0.15, -0.1) is 0 Å². The fraction of sp³-hybridized carbons (Fsp3) is 0.500. The Morgan fingerprint density at radius 1 is 1.42 bits per heavy atom. The molecule has 0 saturated heterocycles. The number of hydrogen-bond acceptors (Lipinski definition) is 4. The standard InChI is InChI=1S/C14H23N3O2/c1-4-14(3,9-18)17-12-8-10(6-7-11(12)15)13(19)16-5-2/h6-8,17-18H,4-5,9,15H2,1-3H3,(H,16,19). The number of rotatable bonds is 6. The molecule has 0 spiro atoms. The zero-order valence-corrected chi connectivity index (χ0v) is 11.8. The molecule has 0 fully saturated rings. The van der Waals surface area contributed by atoms with E-state index < -0.39 is 5.54 Å². The first-order valence-corrected chi connectivity index (χ1v) is 6.52. The molecular formula is C14H23N3O2. The van der Waals surface area contributed by atoms with E-state index in [4.69, 9.17) is 5.73 Å². The van der Waals surface area contributed by atoms with Gasteiger partial charge < -0.3 is 21.5 Å². The van der Waals surface area contributed by atoms with Crippen molar-refractivity contribution in [3.05, 3.63) is 23.8 Å². The zero-order valence-electron chi connectivity index (χ0n) is 11.8. The lowest BCUT2D eigenvalue weighted by Crippen LogP contribution is -2.38. The third-order valence-electron chi connectivity index (χ3n) is 3.22. The average molecular weight is 265 g/mol. The van der Waals surface area contributed by atoms with E-state index >= 15 is 0 Å². The van der Waals surface area contributed by atoms with Crippen LogP contribution in [0.15, 0.2) is 18.2 Å². The van der Waals surface area contributed by atoms with Crippen molar-refractivity contribution in [3.63, 3.8) is 0 Å². The summed E-state index contributed by atoms with van der Waals surface area (Å²) < 4.78 is 0. The van der Waals surface area contributed by atoms with Gasteiger partial charge in [0.25, 0.3) is 5.91 Å². The number of carbonyl (C=O) groups excluding carboxylic acids is 1. The number of aliphatic hydroxyl groups excluding tert-OH is 1. The van der Waals surface area contributed by atoms with Crippen LogP contribution in [0.3, 0.4) is 0 Å². The highest BCUT2D eigenvalue weighted by atomic mass is 16.3. The Bertz CT molecular complexity index is 442. The lowest BCUT2D eigenvalue weighted by Gasteiger charge is -2.29. The number of amides is 1. The summed E-state index contributed by atoms with van der Waals surface area (Å²) in [5.41, 5.74) is 7.23. The minimum atomic E-state index is -0.450. The molecule has 0 aliphatic heterocycles. The molecule has 1 aromatic carbocycles. The molecule has 0 radical (unpaired) electrons. The molecule has 0 saturated carbocycles. The minimum Gasteiger partial charge on any atom is -0.397 e. The summed E-state index contributed by atoms with van der Waals surface area (Å²) in [6.45, 7) is 6.33. The summed E-state index contributed by atoms with van der Waals surface area (Å²) in [6, 6.07) is 5.10. The molecule has 1 atom stereocenters. The van der Waals surface area contributed by atoms with E-state index in [1.807, 2.05) is 20.8 Å². The zero-order chi connectivity index (χ0) is 14.5. The molecule has 0 bridgehead atoms. The number of hydrogen-bond donors (Lipinski definition) is 4. The summed E-state index contributed by atoms with van der Waals surface area (Å²) in [5, 5.41) is 15.4. The highest BCUT2D eigenvalue weighted by Crippen LogP contribution is 2.25. The topological polar surface area (TPSA) is 87.4 Å². The Balaban J connectivity index is 3.00. The quantitative estimate of drug-likeness (QED) is 0.588. The van der Waals surface area contributed by atoms with Crippen molar-refractivity contribution in [2.24, 2.45) is 0 Å². The maximum absolute atomic E-state index is 11.8. The van der Waals surface area contributed by atoms with Crippen molar-refractivity contribution < 1.29 is 9.90 Å². The molecule has 106 valence electrons. The summed E-state index contributed by atoms with van der Waals surface area (Å²) >= 11 is 0. The van der Waals surface area contributed by atoms with E-state index in [2.05, 4.69) is 10.6 Å². The normalized spacial score (nSPS) is 13.7. The van der Waals surface area contributed by atoms with Gasteiger partial charge in [-0.3, -0.25) is 4.79 Å². The lowest BCUT2D eigenvalue weighted by molar-refractivity contribution is 0.0956. The van der Waals surface area contributed by atoms with Crippen LogP contribution in [0.25, 0.3) is 0 Å². The first-order valence-electron chi connectivity index (χ1n) is 6.52. The molecular weight excluding hydrogens is 242 g/mol. The van der Waals surface area contributed by atoms with Crippen LogP contribution in [0.2, 0.25) is 0 Å². The lowest BCUT2D eigenvalue weighted by atomic mass is 9.99. The Morgan fingerprint density at radius 3 is 2.63 bits per heavy atom. The first-order chi connectivity index (χ1) is 8.95. The van der Waals surface area contributed by atoms with Crippen LogP contribution in [0.1, 0.15) is 37.6 Å². The second kappa shape index (κ2) is 6.43. The van der Waals surface area contributed by atoms with Gasteiger partial charge in [-0.25, -0.2) is 0 Å². The van der Waals surface area contributed by atoms with Gasteiger partial charge in [0, 0.05) is 12.1 Å². The van der Waals surface area contributed by atoms with E-state index in [-0.39, 0.29) is 12.5 Å². The largest absolute Gasteiger partial charge is 0.397 e. The third kappa shape index (κ3) is 3.86. The number of nitrogens with one attached hydrogen (secondary N) is 2. The Morgan fingerprint density at radius 2 is 2.11 bits per heavy atom. The Kier molecular flexibility index (Phi) is 5.18. The molecule has 1 rings (SSSR count). The molecule has 0 aliphatic carbocycles. The first kappa shape index (κ1) is 15.3. The Hall–Kier alpha value is -1.75.